The van der Waals surface area contributed by atoms with E-state index in [9.17, 15) is 19.1 Å². The van der Waals surface area contributed by atoms with Gasteiger partial charge in [0.1, 0.15) is 5.82 Å². The highest BCUT2D eigenvalue weighted by Gasteiger charge is 2.36. The lowest BCUT2D eigenvalue weighted by Crippen LogP contribution is -2.34. The molecule has 1 fully saturated rings. The fourth-order valence-corrected chi connectivity index (χ4v) is 5.42. The van der Waals surface area contributed by atoms with Crippen molar-refractivity contribution < 1.29 is 14.3 Å². The number of amides is 1. The first-order chi connectivity index (χ1) is 18.3. The first-order valence-electron chi connectivity index (χ1n) is 12.5. The van der Waals surface area contributed by atoms with Crippen LogP contribution in [0.3, 0.4) is 0 Å². The number of nitrogens with one attached hydrogen (secondary N) is 1. The number of carbonyl (C=O) groups is 1. The van der Waals surface area contributed by atoms with Crippen LogP contribution in [0.2, 0.25) is 5.02 Å². The molecule has 1 heterocycles. The third kappa shape index (κ3) is 5.34. The average Bonchev–Trinajstić information content (AvgIpc) is 3.41. The Bertz CT molecular complexity index is 1510. The molecule has 0 radical (unpaired) electrons. The van der Waals surface area contributed by atoms with Crippen molar-refractivity contribution in [3.8, 4) is 16.9 Å². The first-order valence-corrected chi connectivity index (χ1v) is 12.9. The van der Waals surface area contributed by atoms with Crippen LogP contribution < -0.4 is 10.7 Å². The lowest BCUT2D eigenvalue weighted by Gasteiger charge is -2.30. The summed E-state index contributed by atoms with van der Waals surface area (Å²) in [6, 6.07) is 22.8. The molecular formula is C30H27ClFN3O3. The van der Waals surface area contributed by atoms with Crippen molar-refractivity contribution in [2.24, 2.45) is 0 Å². The zero-order valence-electron chi connectivity index (χ0n) is 20.7. The second kappa shape index (κ2) is 10.8. The van der Waals surface area contributed by atoms with Gasteiger partial charge in [-0.2, -0.15) is 5.10 Å². The Labute approximate surface area is 224 Å². The molecule has 0 bridgehead atoms. The zero-order valence-corrected chi connectivity index (χ0v) is 21.4. The van der Waals surface area contributed by atoms with Crippen molar-refractivity contribution in [1.82, 2.24) is 15.1 Å². The van der Waals surface area contributed by atoms with E-state index in [0.717, 1.165) is 42.4 Å². The number of benzene rings is 3. The van der Waals surface area contributed by atoms with Gasteiger partial charge in [-0.1, -0.05) is 85.1 Å². The Morgan fingerprint density at radius 3 is 2.39 bits per heavy atom. The molecule has 1 aliphatic rings. The van der Waals surface area contributed by atoms with Crippen LogP contribution in [0.1, 0.15) is 47.3 Å². The summed E-state index contributed by atoms with van der Waals surface area (Å²) in [4.78, 5) is 25.4. The standard InChI is InChI=1S/C30H27ClFN3O3/c31-24-16-20(8-13-25(24)32)17-33-29(38)27-28(37)26(36)18-35(34-27)19-30(14-4-5-15-30)23-11-9-22(10-12-23)21-6-2-1-3-7-21/h1-3,6-13,16,18,36H,4-5,14-15,17,19H2,(H,33,38). The van der Waals surface area contributed by atoms with Gasteiger partial charge in [0.15, 0.2) is 11.4 Å². The van der Waals surface area contributed by atoms with Gasteiger partial charge in [-0.3, -0.25) is 14.3 Å². The van der Waals surface area contributed by atoms with Crippen LogP contribution in [-0.2, 0) is 18.5 Å². The topological polar surface area (TPSA) is 84.2 Å². The lowest BCUT2D eigenvalue weighted by molar-refractivity contribution is 0.0940. The van der Waals surface area contributed by atoms with Crippen LogP contribution in [0.15, 0.2) is 83.8 Å². The van der Waals surface area contributed by atoms with Crippen molar-refractivity contribution in [2.45, 2.75) is 44.2 Å². The van der Waals surface area contributed by atoms with Crippen LogP contribution >= 0.6 is 11.6 Å². The highest BCUT2D eigenvalue weighted by Crippen LogP contribution is 2.43. The summed E-state index contributed by atoms with van der Waals surface area (Å²) in [6.45, 7) is 0.437. The Kier molecular flexibility index (Phi) is 7.29. The van der Waals surface area contributed by atoms with Crippen LogP contribution in [0, 0.1) is 5.82 Å². The Balaban J connectivity index is 1.38. The van der Waals surface area contributed by atoms with Gasteiger partial charge in [0, 0.05) is 12.0 Å². The van der Waals surface area contributed by atoms with Gasteiger partial charge in [-0.15, -0.1) is 0 Å². The van der Waals surface area contributed by atoms with Crippen LogP contribution in [0.4, 0.5) is 4.39 Å². The maximum Gasteiger partial charge on any atom is 0.276 e. The van der Waals surface area contributed by atoms with E-state index in [-0.39, 0.29) is 17.0 Å². The SMILES string of the molecule is O=C(NCc1ccc(F)c(Cl)c1)c1nn(CC2(c3ccc(-c4ccccc4)cc3)CCCC2)cc(O)c1=O. The third-order valence-corrected chi connectivity index (χ3v) is 7.52. The molecule has 1 saturated carbocycles. The van der Waals surface area contributed by atoms with Crippen molar-refractivity contribution in [3.05, 3.63) is 117 Å². The molecule has 5 rings (SSSR count). The smallest absolute Gasteiger partial charge is 0.276 e. The van der Waals surface area contributed by atoms with E-state index >= 15 is 0 Å². The maximum atomic E-state index is 13.4. The largest absolute Gasteiger partial charge is 0.503 e. The minimum Gasteiger partial charge on any atom is -0.503 e. The zero-order chi connectivity index (χ0) is 26.7. The summed E-state index contributed by atoms with van der Waals surface area (Å²) in [6.07, 6.45) is 5.26. The Morgan fingerprint density at radius 2 is 1.71 bits per heavy atom. The fourth-order valence-electron chi connectivity index (χ4n) is 5.22. The number of nitrogens with zero attached hydrogens (tertiary/aromatic N) is 2. The summed E-state index contributed by atoms with van der Waals surface area (Å²) < 4.78 is 14.9. The van der Waals surface area contributed by atoms with Crippen LogP contribution in [0.5, 0.6) is 5.75 Å². The predicted octanol–water partition coefficient (Wildman–Crippen LogP) is 5.85. The van der Waals surface area contributed by atoms with Crippen molar-refractivity contribution in [3.63, 3.8) is 0 Å². The molecule has 194 valence electrons. The number of aromatic nitrogens is 2. The molecule has 0 saturated heterocycles. The maximum absolute atomic E-state index is 13.4. The molecule has 0 aliphatic heterocycles. The van der Waals surface area contributed by atoms with E-state index in [1.165, 1.54) is 29.1 Å². The number of aromatic hydroxyl groups is 1. The molecule has 1 aliphatic carbocycles. The molecule has 0 spiro atoms. The predicted molar refractivity (Wildman–Crippen MR) is 145 cm³/mol. The molecule has 6 nitrogen and oxygen atoms in total. The number of hydrogen-bond acceptors (Lipinski definition) is 4. The van der Waals surface area contributed by atoms with Crippen LogP contribution in [0.25, 0.3) is 11.1 Å². The van der Waals surface area contributed by atoms with E-state index in [1.807, 2.05) is 18.2 Å². The average molecular weight is 532 g/mol. The van der Waals surface area contributed by atoms with Crippen molar-refractivity contribution >= 4 is 17.5 Å². The second-order valence-corrected chi connectivity index (χ2v) is 10.2. The summed E-state index contributed by atoms with van der Waals surface area (Å²) in [5, 5.41) is 17.2. The summed E-state index contributed by atoms with van der Waals surface area (Å²) >= 11 is 5.81. The second-order valence-electron chi connectivity index (χ2n) is 9.75. The Hall–Kier alpha value is -3.97. The number of rotatable bonds is 7. The molecule has 3 aromatic carbocycles. The first kappa shape index (κ1) is 25.7. The lowest BCUT2D eigenvalue weighted by atomic mass is 9.78. The highest BCUT2D eigenvalue weighted by molar-refractivity contribution is 6.30. The van der Waals surface area contributed by atoms with Gasteiger partial charge in [-0.25, -0.2) is 4.39 Å². The normalized spacial score (nSPS) is 14.4. The summed E-state index contributed by atoms with van der Waals surface area (Å²) in [5.74, 6) is -1.83. The quantitative estimate of drug-likeness (QED) is 0.313. The summed E-state index contributed by atoms with van der Waals surface area (Å²) in [7, 11) is 0. The minimum atomic E-state index is -0.844. The van der Waals surface area contributed by atoms with Crippen LogP contribution in [-0.4, -0.2) is 20.8 Å². The van der Waals surface area contributed by atoms with Gasteiger partial charge in [0.05, 0.1) is 17.8 Å². The fraction of sp³-hybridized carbons (Fsp3) is 0.233. The van der Waals surface area contributed by atoms with Gasteiger partial charge >= 0.3 is 0 Å². The molecule has 38 heavy (non-hydrogen) atoms. The Morgan fingerprint density at radius 1 is 1.03 bits per heavy atom. The van der Waals surface area contributed by atoms with Gasteiger partial charge in [-0.05, 0) is 47.2 Å². The molecular weight excluding hydrogens is 505 g/mol. The number of hydrogen-bond donors (Lipinski definition) is 2. The number of halogens is 2. The molecule has 0 unspecified atom stereocenters. The van der Waals surface area contributed by atoms with E-state index in [2.05, 4.69) is 46.8 Å². The molecule has 0 atom stereocenters. The van der Waals surface area contributed by atoms with E-state index < -0.39 is 28.6 Å². The van der Waals surface area contributed by atoms with E-state index in [4.69, 9.17) is 11.6 Å². The molecule has 2 N–H and O–H groups in total. The highest BCUT2D eigenvalue weighted by atomic mass is 35.5. The van der Waals surface area contributed by atoms with Gasteiger partial charge < -0.3 is 10.4 Å². The van der Waals surface area contributed by atoms with Gasteiger partial charge in [0.25, 0.3) is 11.3 Å². The van der Waals surface area contributed by atoms with E-state index in [0.29, 0.717) is 12.1 Å². The molecule has 4 aromatic rings. The number of carbonyl (C=O) groups excluding carboxylic acids is 1. The molecule has 1 aromatic heterocycles. The molecule has 8 heteroatoms. The van der Waals surface area contributed by atoms with Gasteiger partial charge in [0.2, 0.25) is 0 Å². The monoisotopic (exact) mass is 531 g/mol. The molecule has 1 amide bonds. The van der Waals surface area contributed by atoms with E-state index in [1.54, 1.807) is 0 Å². The van der Waals surface area contributed by atoms with Crippen molar-refractivity contribution in [2.75, 3.05) is 0 Å². The minimum absolute atomic E-state index is 0.0211. The summed E-state index contributed by atoms with van der Waals surface area (Å²) in [5.41, 5.74) is 2.52. The third-order valence-electron chi connectivity index (χ3n) is 7.23. The van der Waals surface area contributed by atoms with Crippen molar-refractivity contribution in [1.29, 1.82) is 0 Å².